The topological polar surface area (TPSA) is 71.5 Å². The fraction of sp³-hybridized carbons (Fsp3) is 0.222. The van der Waals surface area contributed by atoms with Crippen LogP contribution in [-0.2, 0) is 11.2 Å². The van der Waals surface area contributed by atoms with E-state index in [1.165, 1.54) is 0 Å². The van der Waals surface area contributed by atoms with Gasteiger partial charge < -0.3 is 15.2 Å². The van der Waals surface area contributed by atoms with Crippen LogP contribution in [-0.4, -0.2) is 29.7 Å². The number of carboxylic acid groups (broad SMARTS) is 1. The van der Waals surface area contributed by atoms with Gasteiger partial charge in [-0.3, -0.25) is 4.79 Å². The van der Waals surface area contributed by atoms with Gasteiger partial charge in [0, 0.05) is 19.2 Å². The highest BCUT2D eigenvalue weighted by atomic mass is 16.5. The number of carboxylic acids is 1. The van der Waals surface area contributed by atoms with E-state index in [4.69, 9.17) is 9.84 Å². The molecule has 0 spiro atoms. The quantitative estimate of drug-likeness (QED) is 0.783. The molecule has 0 bridgehead atoms. The lowest BCUT2D eigenvalue weighted by Crippen LogP contribution is -2.04. The van der Waals surface area contributed by atoms with E-state index in [9.17, 15) is 4.79 Å². The van der Waals surface area contributed by atoms with Crippen molar-refractivity contribution in [3.05, 3.63) is 59.8 Å². The maximum absolute atomic E-state index is 10.4. The smallest absolute Gasteiger partial charge is 0.307 e. The molecule has 0 fully saturated rings. The van der Waals surface area contributed by atoms with Gasteiger partial charge in [0.15, 0.2) is 0 Å². The maximum atomic E-state index is 10.4. The SMILES string of the molecule is CNc1cccc(CCOc2ccc(/C=C/CC(=O)O)cc2)n1. The zero-order valence-corrected chi connectivity index (χ0v) is 13.0. The molecule has 0 saturated carbocycles. The third kappa shape index (κ3) is 5.82. The molecular weight excluding hydrogens is 292 g/mol. The van der Waals surface area contributed by atoms with Crippen molar-refractivity contribution in [2.75, 3.05) is 19.0 Å². The molecule has 0 aliphatic heterocycles. The second-order valence-corrected chi connectivity index (χ2v) is 4.93. The summed E-state index contributed by atoms with van der Waals surface area (Å²) < 4.78 is 5.70. The van der Waals surface area contributed by atoms with Crippen LogP contribution in [0.25, 0.3) is 6.08 Å². The second-order valence-electron chi connectivity index (χ2n) is 4.93. The van der Waals surface area contributed by atoms with E-state index in [1.807, 2.05) is 49.5 Å². The van der Waals surface area contributed by atoms with Crippen molar-refractivity contribution in [1.82, 2.24) is 4.98 Å². The average Bonchev–Trinajstić information content (AvgIpc) is 2.56. The molecule has 120 valence electrons. The van der Waals surface area contributed by atoms with Crippen molar-refractivity contribution >= 4 is 17.9 Å². The molecule has 5 nitrogen and oxygen atoms in total. The Morgan fingerprint density at radius 1 is 1.26 bits per heavy atom. The normalized spacial score (nSPS) is 10.7. The molecule has 1 heterocycles. The molecule has 0 unspecified atom stereocenters. The standard InChI is InChI=1S/C18H20N2O3/c1-19-17-6-3-5-15(20-17)12-13-23-16-10-8-14(9-11-16)4-2-7-18(21)22/h2-6,8-11H,7,12-13H2,1H3,(H,19,20)(H,21,22)/b4-2+. The summed E-state index contributed by atoms with van der Waals surface area (Å²) in [6.07, 6.45) is 4.16. The van der Waals surface area contributed by atoms with E-state index in [0.29, 0.717) is 6.61 Å². The highest BCUT2D eigenvalue weighted by molar-refractivity contribution is 5.70. The van der Waals surface area contributed by atoms with Gasteiger partial charge in [-0.05, 0) is 29.8 Å². The lowest BCUT2D eigenvalue weighted by atomic mass is 10.2. The fourth-order valence-corrected chi connectivity index (χ4v) is 2.00. The van der Waals surface area contributed by atoms with Gasteiger partial charge in [0.05, 0.1) is 13.0 Å². The van der Waals surface area contributed by atoms with E-state index < -0.39 is 5.97 Å². The molecule has 5 heteroatoms. The summed E-state index contributed by atoms with van der Waals surface area (Å²) in [4.78, 5) is 14.9. The number of aromatic nitrogens is 1. The van der Waals surface area contributed by atoms with Crippen molar-refractivity contribution < 1.29 is 14.6 Å². The Bertz CT molecular complexity index is 666. The van der Waals surface area contributed by atoms with Crippen LogP contribution in [0.1, 0.15) is 17.7 Å². The second kappa shape index (κ2) is 8.58. The molecule has 2 N–H and O–H groups in total. The number of pyridine rings is 1. The summed E-state index contributed by atoms with van der Waals surface area (Å²) in [5.74, 6) is 0.794. The molecular formula is C18H20N2O3. The van der Waals surface area contributed by atoms with E-state index in [2.05, 4.69) is 10.3 Å². The van der Waals surface area contributed by atoms with Crippen molar-refractivity contribution in [2.24, 2.45) is 0 Å². The first-order valence-corrected chi connectivity index (χ1v) is 7.42. The fourth-order valence-electron chi connectivity index (χ4n) is 2.00. The third-order valence-electron chi connectivity index (χ3n) is 3.17. The van der Waals surface area contributed by atoms with E-state index in [-0.39, 0.29) is 6.42 Å². The van der Waals surface area contributed by atoms with Crippen LogP contribution in [0.2, 0.25) is 0 Å². The largest absolute Gasteiger partial charge is 0.493 e. The summed E-state index contributed by atoms with van der Waals surface area (Å²) in [5, 5.41) is 11.6. The van der Waals surface area contributed by atoms with Crippen LogP contribution < -0.4 is 10.1 Å². The van der Waals surface area contributed by atoms with Gasteiger partial charge in [0.25, 0.3) is 0 Å². The van der Waals surface area contributed by atoms with Crippen LogP contribution in [0.4, 0.5) is 5.82 Å². The Kier molecular flexibility index (Phi) is 6.17. The minimum atomic E-state index is -0.836. The first-order valence-electron chi connectivity index (χ1n) is 7.42. The van der Waals surface area contributed by atoms with Crippen LogP contribution in [0.5, 0.6) is 5.75 Å². The van der Waals surface area contributed by atoms with E-state index in [1.54, 1.807) is 12.2 Å². The lowest BCUT2D eigenvalue weighted by Gasteiger charge is -2.07. The summed E-state index contributed by atoms with van der Waals surface area (Å²) in [6.45, 7) is 0.550. The maximum Gasteiger partial charge on any atom is 0.307 e. The monoisotopic (exact) mass is 312 g/mol. The molecule has 0 amide bonds. The number of anilines is 1. The van der Waals surface area contributed by atoms with Crippen LogP contribution >= 0.6 is 0 Å². The van der Waals surface area contributed by atoms with Crippen molar-refractivity contribution in [3.8, 4) is 5.75 Å². The van der Waals surface area contributed by atoms with Crippen LogP contribution in [0.15, 0.2) is 48.5 Å². The lowest BCUT2D eigenvalue weighted by molar-refractivity contribution is -0.135. The predicted molar refractivity (Wildman–Crippen MR) is 90.7 cm³/mol. The highest BCUT2D eigenvalue weighted by Gasteiger charge is 1.99. The van der Waals surface area contributed by atoms with Gasteiger partial charge in [-0.25, -0.2) is 4.98 Å². The molecule has 0 atom stereocenters. The molecule has 1 aromatic carbocycles. The number of nitrogens with zero attached hydrogens (tertiary/aromatic N) is 1. The van der Waals surface area contributed by atoms with E-state index >= 15 is 0 Å². The minimum absolute atomic E-state index is 0.0247. The Morgan fingerprint density at radius 3 is 2.74 bits per heavy atom. The average molecular weight is 312 g/mol. The van der Waals surface area contributed by atoms with E-state index in [0.717, 1.165) is 29.2 Å². The number of hydrogen-bond acceptors (Lipinski definition) is 4. The number of rotatable bonds is 8. The van der Waals surface area contributed by atoms with Gasteiger partial charge in [-0.1, -0.05) is 30.4 Å². The summed E-state index contributed by atoms with van der Waals surface area (Å²) >= 11 is 0. The van der Waals surface area contributed by atoms with Gasteiger partial charge >= 0.3 is 5.97 Å². The van der Waals surface area contributed by atoms with Crippen LogP contribution in [0, 0.1) is 0 Å². The molecule has 0 aliphatic carbocycles. The molecule has 0 saturated heterocycles. The first-order chi connectivity index (χ1) is 11.2. The third-order valence-corrected chi connectivity index (χ3v) is 3.17. The minimum Gasteiger partial charge on any atom is -0.493 e. The van der Waals surface area contributed by atoms with Gasteiger partial charge in [0.2, 0.25) is 0 Å². The molecule has 0 radical (unpaired) electrons. The first kappa shape index (κ1) is 16.5. The molecule has 2 aromatic rings. The summed E-state index contributed by atoms with van der Waals surface area (Å²) in [5.41, 5.74) is 1.92. The number of ether oxygens (including phenoxy) is 1. The molecule has 2 rings (SSSR count). The predicted octanol–water partition coefficient (Wildman–Crippen LogP) is 3.23. The zero-order valence-electron chi connectivity index (χ0n) is 13.0. The van der Waals surface area contributed by atoms with Crippen molar-refractivity contribution in [2.45, 2.75) is 12.8 Å². The Balaban J connectivity index is 1.81. The Labute approximate surface area is 135 Å². The highest BCUT2D eigenvalue weighted by Crippen LogP contribution is 2.14. The number of nitrogens with one attached hydrogen (secondary N) is 1. The van der Waals surface area contributed by atoms with Gasteiger partial charge in [-0.15, -0.1) is 0 Å². The van der Waals surface area contributed by atoms with Crippen LogP contribution in [0.3, 0.4) is 0 Å². The Morgan fingerprint density at radius 2 is 2.04 bits per heavy atom. The van der Waals surface area contributed by atoms with Crippen molar-refractivity contribution in [3.63, 3.8) is 0 Å². The number of benzene rings is 1. The van der Waals surface area contributed by atoms with Gasteiger partial charge in [0.1, 0.15) is 11.6 Å². The number of aliphatic carboxylic acids is 1. The molecule has 0 aliphatic rings. The zero-order chi connectivity index (χ0) is 16.5. The number of hydrogen-bond donors (Lipinski definition) is 2. The molecule has 23 heavy (non-hydrogen) atoms. The number of carbonyl (C=O) groups is 1. The van der Waals surface area contributed by atoms with Crippen molar-refractivity contribution in [1.29, 1.82) is 0 Å². The van der Waals surface area contributed by atoms with Gasteiger partial charge in [-0.2, -0.15) is 0 Å². The Hall–Kier alpha value is -2.82. The molecule has 1 aromatic heterocycles. The summed E-state index contributed by atoms with van der Waals surface area (Å²) in [6, 6.07) is 13.4. The summed E-state index contributed by atoms with van der Waals surface area (Å²) in [7, 11) is 1.84.